The van der Waals surface area contributed by atoms with Gasteiger partial charge in [0.05, 0.1) is 10.2 Å². The zero-order chi connectivity index (χ0) is 14.1. The highest BCUT2D eigenvalue weighted by Crippen LogP contribution is 2.25. The molecule has 2 N–H and O–H groups in total. The molecule has 0 aliphatic rings. The number of thiazole rings is 1. The molecule has 0 bridgehead atoms. The summed E-state index contributed by atoms with van der Waals surface area (Å²) in [7, 11) is 0. The van der Waals surface area contributed by atoms with E-state index in [1.54, 1.807) is 11.3 Å². The first kappa shape index (κ1) is 12.9. The molecule has 0 spiro atoms. The minimum atomic E-state index is -0.0314. The predicted molar refractivity (Wildman–Crippen MR) is 83.5 cm³/mol. The highest BCUT2D eigenvalue weighted by Gasteiger charge is 2.07. The van der Waals surface area contributed by atoms with Crippen molar-refractivity contribution in [2.75, 3.05) is 5.32 Å². The summed E-state index contributed by atoms with van der Waals surface area (Å²) in [6, 6.07) is 9.99. The van der Waals surface area contributed by atoms with Gasteiger partial charge in [-0.05, 0) is 37.6 Å². The van der Waals surface area contributed by atoms with Crippen LogP contribution in [-0.4, -0.2) is 9.97 Å². The number of anilines is 1. The van der Waals surface area contributed by atoms with Crippen molar-refractivity contribution < 1.29 is 0 Å². The summed E-state index contributed by atoms with van der Waals surface area (Å²) in [5.74, 6) is 0. The highest BCUT2D eigenvalue weighted by atomic mass is 32.1. The molecule has 0 saturated heterocycles. The van der Waals surface area contributed by atoms with Crippen molar-refractivity contribution in [3.63, 3.8) is 0 Å². The lowest BCUT2D eigenvalue weighted by Crippen LogP contribution is -2.18. The second-order valence-electron chi connectivity index (χ2n) is 4.78. The molecule has 1 aromatic carbocycles. The van der Waals surface area contributed by atoms with Gasteiger partial charge in [-0.25, -0.2) is 4.98 Å². The zero-order valence-corrected chi connectivity index (χ0v) is 12.2. The third-order valence-electron chi connectivity index (χ3n) is 3.20. The van der Waals surface area contributed by atoms with Crippen LogP contribution in [0.25, 0.3) is 10.2 Å². The average Bonchev–Trinajstić information content (AvgIpc) is 2.80. The van der Waals surface area contributed by atoms with Crippen LogP contribution in [0.1, 0.15) is 16.8 Å². The van der Waals surface area contributed by atoms with Crippen molar-refractivity contribution in [2.45, 2.75) is 20.4 Å². The van der Waals surface area contributed by atoms with Gasteiger partial charge < -0.3 is 10.3 Å². The second-order valence-corrected chi connectivity index (χ2v) is 5.81. The number of para-hydroxylation sites is 1. The van der Waals surface area contributed by atoms with Crippen molar-refractivity contribution in [3.8, 4) is 0 Å². The van der Waals surface area contributed by atoms with E-state index in [1.807, 2.05) is 44.2 Å². The molecule has 4 nitrogen and oxygen atoms in total. The topological polar surface area (TPSA) is 57.8 Å². The Labute approximate surface area is 120 Å². The van der Waals surface area contributed by atoms with E-state index in [2.05, 4.69) is 15.3 Å². The number of fused-ring (bicyclic) bond motifs is 1. The first-order valence-corrected chi connectivity index (χ1v) is 7.24. The summed E-state index contributed by atoms with van der Waals surface area (Å²) in [5, 5.41) is 4.08. The molecule has 20 heavy (non-hydrogen) atoms. The van der Waals surface area contributed by atoms with Gasteiger partial charge >= 0.3 is 0 Å². The molecule has 0 amide bonds. The van der Waals surface area contributed by atoms with Gasteiger partial charge in [-0.2, -0.15) is 0 Å². The summed E-state index contributed by atoms with van der Waals surface area (Å²) in [6.45, 7) is 4.33. The van der Waals surface area contributed by atoms with Crippen molar-refractivity contribution in [1.29, 1.82) is 0 Å². The third kappa shape index (κ3) is 2.44. The molecule has 0 fully saturated rings. The van der Waals surface area contributed by atoms with Crippen LogP contribution < -0.4 is 10.9 Å². The van der Waals surface area contributed by atoms with Gasteiger partial charge in [0.1, 0.15) is 0 Å². The number of nitrogens with one attached hydrogen (secondary N) is 2. The number of benzene rings is 1. The van der Waals surface area contributed by atoms with Gasteiger partial charge in [-0.15, -0.1) is 0 Å². The number of aromatic amines is 1. The average molecular weight is 285 g/mol. The Morgan fingerprint density at radius 2 is 2.10 bits per heavy atom. The lowest BCUT2D eigenvalue weighted by atomic mass is 10.1. The number of pyridine rings is 1. The van der Waals surface area contributed by atoms with Gasteiger partial charge in [0, 0.05) is 17.8 Å². The molecule has 0 aliphatic heterocycles. The largest absolute Gasteiger partial charge is 0.357 e. The van der Waals surface area contributed by atoms with Crippen LogP contribution >= 0.6 is 11.3 Å². The van der Waals surface area contributed by atoms with Crippen molar-refractivity contribution >= 4 is 26.7 Å². The van der Waals surface area contributed by atoms with Crippen molar-refractivity contribution in [3.05, 3.63) is 57.5 Å². The molecule has 3 rings (SSSR count). The van der Waals surface area contributed by atoms with Crippen LogP contribution in [0.15, 0.2) is 35.1 Å². The quantitative estimate of drug-likeness (QED) is 0.777. The molecular weight excluding hydrogens is 270 g/mol. The summed E-state index contributed by atoms with van der Waals surface area (Å²) < 4.78 is 1.14. The number of nitrogens with zero attached hydrogens (tertiary/aromatic N) is 1. The molecule has 2 heterocycles. The molecule has 2 aromatic heterocycles. The Hall–Kier alpha value is -2.14. The van der Waals surface area contributed by atoms with Crippen molar-refractivity contribution in [2.24, 2.45) is 0 Å². The maximum Gasteiger partial charge on any atom is 0.253 e. The fraction of sp³-hybridized carbons (Fsp3) is 0.200. The third-order valence-corrected chi connectivity index (χ3v) is 4.20. The normalized spacial score (nSPS) is 10.9. The molecule has 0 radical (unpaired) electrons. The molecule has 0 unspecified atom stereocenters. The Kier molecular flexibility index (Phi) is 3.28. The summed E-state index contributed by atoms with van der Waals surface area (Å²) >= 11 is 1.60. The number of hydrogen-bond donors (Lipinski definition) is 2. The monoisotopic (exact) mass is 285 g/mol. The minimum absolute atomic E-state index is 0.0314. The Balaban J connectivity index is 1.84. The highest BCUT2D eigenvalue weighted by molar-refractivity contribution is 7.22. The molecule has 3 aromatic rings. The van der Waals surface area contributed by atoms with Crippen LogP contribution in [0.4, 0.5) is 5.13 Å². The van der Waals surface area contributed by atoms with Gasteiger partial charge in [0.25, 0.3) is 5.56 Å². The van der Waals surface area contributed by atoms with Gasteiger partial charge in [0.15, 0.2) is 5.13 Å². The van der Waals surface area contributed by atoms with E-state index >= 15 is 0 Å². The lowest BCUT2D eigenvalue weighted by molar-refractivity contribution is 1.01. The number of rotatable bonds is 3. The SMILES string of the molecule is Cc1cc(C)c(CNc2nc3ccccc3s2)c(=O)[nH]1. The van der Waals surface area contributed by atoms with Crippen LogP contribution in [-0.2, 0) is 6.54 Å². The minimum Gasteiger partial charge on any atom is -0.357 e. The first-order chi connectivity index (χ1) is 9.63. The first-order valence-electron chi connectivity index (χ1n) is 6.42. The fourth-order valence-electron chi connectivity index (χ4n) is 2.21. The summed E-state index contributed by atoms with van der Waals surface area (Å²) in [6.07, 6.45) is 0. The van der Waals surface area contributed by atoms with E-state index in [1.165, 1.54) is 0 Å². The number of hydrogen-bond acceptors (Lipinski definition) is 4. The van der Waals surface area contributed by atoms with Crippen LogP contribution in [0.2, 0.25) is 0 Å². The Morgan fingerprint density at radius 1 is 1.30 bits per heavy atom. The predicted octanol–water partition coefficient (Wildman–Crippen LogP) is 3.21. The standard InChI is InChI=1S/C15H15N3OS/c1-9-7-10(2)17-14(19)11(9)8-16-15-18-12-5-3-4-6-13(12)20-15/h3-7H,8H2,1-2H3,(H,16,18)(H,17,19). The number of aromatic nitrogens is 2. The lowest BCUT2D eigenvalue weighted by Gasteiger charge is -2.06. The summed E-state index contributed by atoms with van der Waals surface area (Å²) in [5.41, 5.74) is 3.59. The van der Waals surface area contributed by atoms with Crippen molar-refractivity contribution in [1.82, 2.24) is 9.97 Å². The van der Waals surface area contributed by atoms with E-state index in [0.29, 0.717) is 6.54 Å². The maximum atomic E-state index is 11.9. The van der Waals surface area contributed by atoms with Crippen LogP contribution in [0.3, 0.4) is 0 Å². The second kappa shape index (κ2) is 5.09. The zero-order valence-electron chi connectivity index (χ0n) is 11.4. The number of H-pyrrole nitrogens is 1. The Bertz CT molecular complexity index is 786. The number of aryl methyl sites for hydroxylation is 2. The van der Waals surface area contributed by atoms with Gasteiger partial charge in [0.2, 0.25) is 0 Å². The van der Waals surface area contributed by atoms with Crippen LogP contribution in [0.5, 0.6) is 0 Å². The van der Waals surface area contributed by atoms with E-state index < -0.39 is 0 Å². The fourth-order valence-corrected chi connectivity index (χ4v) is 3.07. The molecular formula is C15H15N3OS. The molecule has 0 aliphatic carbocycles. The van der Waals surface area contributed by atoms with E-state index in [0.717, 1.165) is 32.2 Å². The van der Waals surface area contributed by atoms with E-state index in [-0.39, 0.29) is 5.56 Å². The summed E-state index contributed by atoms with van der Waals surface area (Å²) in [4.78, 5) is 19.3. The van der Waals surface area contributed by atoms with Gasteiger partial charge in [-0.3, -0.25) is 4.79 Å². The maximum absolute atomic E-state index is 11.9. The Morgan fingerprint density at radius 3 is 2.85 bits per heavy atom. The molecule has 0 saturated carbocycles. The van der Waals surface area contributed by atoms with Crippen LogP contribution in [0, 0.1) is 13.8 Å². The smallest absolute Gasteiger partial charge is 0.253 e. The molecule has 0 atom stereocenters. The van der Waals surface area contributed by atoms with E-state index in [9.17, 15) is 4.79 Å². The van der Waals surface area contributed by atoms with Gasteiger partial charge in [-0.1, -0.05) is 23.5 Å². The van der Waals surface area contributed by atoms with E-state index in [4.69, 9.17) is 0 Å². The molecule has 5 heteroatoms. The molecule has 102 valence electrons.